The zero-order valence-corrected chi connectivity index (χ0v) is 28.5. The molecule has 0 spiro atoms. The summed E-state index contributed by atoms with van der Waals surface area (Å²) >= 11 is 0. The van der Waals surface area contributed by atoms with Crippen LogP contribution < -0.4 is 0 Å². The molecule has 0 unspecified atom stereocenters. The average Bonchev–Trinajstić information content (AvgIpc) is 3.77. The molecule has 0 radical (unpaired) electrons. The van der Waals surface area contributed by atoms with E-state index in [1.165, 1.54) is 44.2 Å². The molecular formula is C49H29N3O. The number of benzene rings is 8. The molecule has 10 aromatic rings. The Bertz CT molecular complexity index is 3030. The minimum absolute atomic E-state index is 0.605. The zero-order valence-electron chi connectivity index (χ0n) is 28.5. The molecule has 0 N–H and O–H groups in total. The highest BCUT2D eigenvalue weighted by Gasteiger charge is 2.23. The van der Waals surface area contributed by atoms with Gasteiger partial charge in [-0.05, 0) is 79.5 Å². The Morgan fingerprint density at radius 1 is 0.302 bits per heavy atom. The Balaban J connectivity index is 1.04. The van der Waals surface area contributed by atoms with Crippen LogP contribution in [0.15, 0.2) is 180 Å². The zero-order chi connectivity index (χ0) is 34.9. The van der Waals surface area contributed by atoms with Gasteiger partial charge in [-0.25, -0.2) is 15.0 Å². The number of rotatable bonds is 5. The second-order valence-corrected chi connectivity index (χ2v) is 13.6. The lowest BCUT2D eigenvalue weighted by molar-refractivity contribution is 0.669. The van der Waals surface area contributed by atoms with E-state index in [-0.39, 0.29) is 0 Å². The van der Waals surface area contributed by atoms with Crippen molar-refractivity contribution in [2.45, 2.75) is 0 Å². The van der Waals surface area contributed by atoms with E-state index >= 15 is 0 Å². The number of nitrogens with zero attached hydrogens (tertiary/aromatic N) is 3. The van der Waals surface area contributed by atoms with Crippen molar-refractivity contribution in [3.8, 4) is 78.7 Å². The topological polar surface area (TPSA) is 51.8 Å². The molecule has 11 rings (SSSR count). The predicted octanol–water partition coefficient (Wildman–Crippen LogP) is 12.9. The molecule has 0 saturated carbocycles. The largest absolute Gasteiger partial charge is 0.456 e. The van der Waals surface area contributed by atoms with Crippen LogP contribution in [0.2, 0.25) is 0 Å². The van der Waals surface area contributed by atoms with Crippen LogP contribution in [-0.2, 0) is 0 Å². The summed E-state index contributed by atoms with van der Waals surface area (Å²) in [6, 6.07) is 61.5. The molecule has 1 aliphatic carbocycles. The van der Waals surface area contributed by atoms with Crippen molar-refractivity contribution in [1.29, 1.82) is 0 Å². The fourth-order valence-electron chi connectivity index (χ4n) is 7.95. The van der Waals surface area contributed by atoms with Crippen molar-refractivity contribution < 1.29 is 4.42 Å². The van der Waals surface area contributed by atoms with Crippen LogP contribution in [0.5, 0.6) is 0 Å². The first-order chi connectivity index (χ1) is 26.2. The van der Waals surface area contributed by atoms with Crippen LogP contribution in [-0.4, -0.2) is 15.0 Å². The van der Waals surface area contributed by atoms with Gasteiger partial charge in [-0.1, -0.05) is 152 Å². The van der Waals surface area contributed by atoms with Gasteiger partial charge in [0.05, 0.1) is 0 Å². The van der Waals surface area contributed by atoms with Gasteiger partial charge in [0.25, 0.3) is 0 Å². The van der Waals surface area contributed by atoms with Crippen molar-refractivity contribution in [3.05, 3.63) is 176 Å². The maximum absolute atomic E-state index is 6.54. The van der Waals surface area contributed by atoms with Crippen molar-refractivity contribution in [2.75, 3.05) is 0 Å². The van der Waals surface area contributed by atoms with Crippen LogP contribution in [0.3, 0.4) is 0 Å². The predicted molar refractivity (Wildman–Crippen MR) is 216 cm³/mol. The fraction of sp³-hybridized carbons (Fsp3) is 0. The highest BCUT2D eigenvalue weighted by Crippen LogP contribution is 2.48. The van der Waals surface area contributed by atoms with Crippen molar-refractivity contribution >= 4 is 32.7 Å². The summed E-state index contributed by atoms with van der Waals surface area (Å²) in [4.78, 5) is 15.4. The van der Waals surface area contributed by atoms with E-state index in [0.717, 1.165) is 49.8 Å². The Kier molecular flexibility index (Phi) is 6.52. The monoisotopic (exact) mass is 675 g/mol. The first-order valence-electron chi connectivity index (χ1n) is 17.9. The average molecular weight is 676 g/mol. The summed E-state index contributed by atoms with van der Waals surface area (Å²) in [5, 5.41) is 4.56. The summed E-state index contributed by atoms with van der Waals surface area (Å²) in [5.74, 6) is 1.86. The first-order valence-corrected chi connectivity index (χ1v) is 17.9. The van der Waals surface area contributed by atoms with Crippen LogP contribution in [0.1, 0.15) is 0 Å². The van der Waals surface area contributed by atoms with Crippen molar-refractivity contribution in [2.24, 2.45) is 0 Å². The van der Waals surface area contributed by atoms with Gasteiger partial charge in [0, 0.05) is 27.5 Å². The molecule has 53 heavy (non-hydrogen) atoms. The van der Waals surface area contributed by atoms with E-state index in [1.54, 1.807) is 0 Å². The van der Waals surface area contributed by atoms with Gasteiger partial charge < -0.3 is 4.42 Å². The molecule has 0 amide bonds. The van der Waals surface area contributed by atoms with Crippen LogP contribution in [0.25, 0.3) is 111 Å². The highest BCUT2D eigenvalue weighted by molar-refractivity contribution is 6.16. The van der Waals surface area contributed by atoms with E-state index in [2.05, 4.69) is 127 Å². The Hall–Kier alpha value is -7.17. The molecular weight excluding hydrogens is 647 g/mol. The fourth-order valence-corrected chi connectivity index (χ4v) is 7.95. The summed E-state index contributed by atoms with van der Waals surface area (Å²) < 4.78 is 6.54. The van der Waals surface area contributed by atoms with E-state index in [0.29, 0.717) is 17.5 Å². The molecule has 0 aliphatic heterocycles. The molecule has 0 fully saturated rings. The Morgan fingerprint density at radius 2 is 0.868 bits per heavy atom. The molecule has 8 aromatic carbocycles. The summed E-state index contributed by atoms with van der Waals surface area (Å²) in [7, 11) is 0. The molecule has 0 bridgehead atoms. The van der Waals surface area contributed by atoms with Gasteiger partial charge in [-0.2, -0.15) is 0 Å². The van der Waals surface area contributed by atoms with Gasteiger partial charge in [0.1, 0.15) is 11.2 Å². The molecule has 4 nitrogen and oxygen atoms in total. The molecule has 2 heterocycles. The van der Waals surface area contributed by atoms with Gasteiger partial charge in [0.15, 0.2) is 17.5 Å². The van der Waals surface area contributed by atoms with Crippen molar-refractivity contribution in [3.63, 3.8) is 0 Å². The Labute approximate surface area is 305 Å². The second-order valence-electron chi connectivity index (χ2n) is 13.6. The third-order valence-corrected chi connectivity index (χ3v) is 10.5. The summed E-state index contributed by atoms with van der Waals surface area (Å²) in [6.45, 7) is 0. The van der Waals surface area contributed by atoms with E-state index in [9.17, 15) is 0 Å². The SMILES string of the molecule is c1ccc(-c2ccc(-c3ccc4c(c3)oc3cccc(-c5nc(-c6ccccc6)nc(-c6ccc7c(c6)-c6cccc8cccc-7c68)n5)c34)cc2)cc1. The Morgan fingerprint density at radius 3 is 1.62 bits per heavy atom. The maximum atomic E-state index is 6.54. The second kappa shape index (κ2) is 11.7. The minimum atomic E-state index is 0.605. The number of aromatic nitrogens is 3. The standard InChI is InChI=1S/C49H29N3O/c1-3-10-30(11-4-1)31-20-22-32(23-21-31)35-24-27-40-44(29-35)53-43-19-9-18-41(46(40)43)49-51-47(34-12-5-2-6-13-34)50-48(52-49)36-25-26-37-38-16-7-14-33-15-8-17-39(45(33)38)42(37)28-36/h1-29H. The highest BCUT2D eigenvalue weighted by atomic mass is 16.3. The van der Waals surface area contributed by atoms with E-state index in [1.807, 2.05) is 48.5 Å². The van der Waals surface area contributed by atoms with Gasteiger partial charge in [0.2, 0.25) is 0 Å². The van der Waals surface area contributed by atoms with Crippen LogP contribution >= 0.6 is 0 Å². The van der Waals surface area contributed by atoms with E-state index in [4.69, 9.17) is 19.4 Å². The maximum Gasteiger partial charge on any atom is 0.164 e. The quantitative estimate of drug-likeness (QED) is 0.182. The lowest BCUT2D eigenvalue weighted by atomic mass is 9.99. The molecule has 246 valence electrons. The normalized spacial score (nSPS) is 11.8. The van der Waals surface area contributed by atoms with Crippen molar-refractivity contribution in [1.82, 2.24) is 15.0 Å². The molecule has 0 atom stereocenters. The number of hydrogen-bond donors (Lipinski definition) is 0. The molecule has 1 aliphatic rings. The number of fused-ring (bicyclic) bond motifs is 6. The van der Waals surface area contributed by atoms with Gasteiger partial charge >= 0.3 is 0 Å². The lowest BCUT2D eigenvalue weighted by Crippen LogP contribution is -2.00. The molecule has 2 aromatic heterocycles. The number of hydrogen-bond acceptors (Lipinski definition) is 4. The third kappa shape index (κ3) is 4.80. The van der Waals surface area contributed by atoms with Gasteiger partial charge in [-0.15, -0.1) is 0 Å². The van der Waals surface area contributed by atoms with Gasteiger partial charge in [-0.3, -0.25) is 0 Å². The molecule has 4 heteroatoms. The smallest absolute Gasteiger partial charge is 0.164 e. The molecule has 0 saturated heterocycles. The number of furan rings is 1. The minimum Gasteiger partial charge on any atom is -0.456 e. The summed E-state index contributed by atoms with van der Waals surface area (Å²) in [6.07, 6.45) is 0. The lowest BCUT2D eigenvalue weighted by Gasteiger charge is -2.10. The summed E-state index contributed by atoms with van der Waals surface area (Å²) in [5.41, 5.74) is 14.0. The first kappa shape index (κ1) is 29.5. The third-order valence-electron chi connectivity index (χ3n) is 10.5. The van der Waals surface area contributed by atoms with Crippen LogP contribution in [0, 0.1) is 0 Å². The van der Waals surface area contributed by atoms with Crippen LogP contribution in [0.4, 0.5) is 0 Å². The van der Waals surface area contributed by atoms with E-state index < -0.39 is 0 Å².